The van der Waals surface area contributed by atoms with Crippen LogP contribution in [0.3, 0.4) is 0 Å². The topological polar surface area (TPSA) is 50.9 Å². The lowest BCUT2D eigenvalue weighted by Crippen LogP contribution is -2.20. The maximum atomic E-state index is 12.8. The summed E-state index contributed by atoms with van der Waals surface area (Å²) in [5.41, 5.74) is -0.631. The van der Waals surface area contributed by atoms with Crippen LogP contribution in [0.15, 0.2) is 36.9 Å². The van der Waals surface area contributed by atoms with E-state index in [0.717, 1.165) is 6.07 Å². The second-order valence-corrected chi connectivity index (χ2v) is 4.17. The van der Waals surface area contributed by atoms with Crippen molar-refractivity contribution < 1.29 is 18.3 Å². The van der Waals surface area contributed by atoms with Gasteiger partial charge in [0.2, 0.25) is 0 Å². The number of rotatable bonds is 4. The van der Waals surface area contributed by atoms with Crippen LogP contribution in [0.25, 0.3) is 0 Å². The van der Waals surface area contributed by atoms with E-state index in [4.69, 9.17) is 0 Å². The minimum absolute atomic E-state index is 0.0755. The van der Waals surface area contributed by atoms with Crippen LogP contribution in [0.1, 0.15) is 11.1 Å². The average Bonchev–Trinajstić information content (AvgIpc) is 2.81. The summed E-state index contributed by atoms with van der Waals surface area (Å²) in [5, 5.41) is 16.9. The van der Waals surface area contributed by atoms with Crippen molar-refractivity contribution in [2.45, 2.75) is 25.2 Å². The van der Waals surface area contributed by atoms with E-state index in [1.807, 2.05) is 0 Å². The predicted octanol–water partition coefficient (Wildman–Crippen LogP) is 1.90. The number of halogens is 3. The molecule has 7 heteroatoms. The van der Waals surface area contributed by atoms with Crippen LogP contribution in [0, 0.1) is 0 Å². The Morgan fingerprint density at radius 2 is 1.79 bits per heavy atom. The first-order valence-corrected chi connectivity index (χ1v) is 5.62. The lowest BCUT2D eigenvalue weighted by molar-refractivity contribution is -0.138. The molecule has 0 saturated carbocycles. The first-order valence-electron chi connectivity index (χ1n) is 5.62. The SMILES string of the molecule is OC(Cc1ccccc1C(F)(F)F)Cn1cnnc1. The Labute approximate surface area is 107 Å². The summed E-state index contributed by atoms with van der Waals surface area (Å²) >= 11 is 0. The summed E-state index contributed by atoms with van der Waals surface area (Å²) in [5.74, 6) is 0. The molecule has 19 heavy (non-hydrogen) atoms. The third-order valence-electron chi connectivity index (χ3n) is 2.67. The molecule has 0 spiro atoms. The fourth-order valence-corrected chi connectivity index (χ4v) is 1.85. The smallest absolute Gasteiger partial charge is 0.391 e. The van der Waals surface area contributed by atoms with E-state index in [1.54, 1.807) is 0 Å². The molecule has 0 saturated heterocycles. The molecular formula is C12H12F3N3O. The van der Waals surface area contributed by atoms with E-state index >= 15 is 0 Å². The summed E-state index contributed by atoms with van der Waals surface area (Å²) in [7, 11) is 0. The largest absolute Gasteiger partial charge is 0.416 e. The highest BCUT2D eigenvalue weighted by molar-refractivity contribution is 5.30. The van der Waals surface area contributed by atoms with Crippen molar-refractivity contribution in [2.75, 3.05) is 0 Å². The summed E-state index contributed by atoms with van der Waals surface area (Å²) in [6.45, 7) is 0.152. The number of alkyl halides is 3. The van der Waals surface area contributed by atoms with Crippen molar-refractivity contribution in [3.63, 3.8) is 0 Å². The number of nitrogens with zero attached hydrogens (tertiary/aromatic N) is 3. The second-order valence-electron chi connectivity index (χ2n) is 4.17. The maximum Gasteiger partial charge on any atom is 0.416 e. The zero-order valence-corrected chi connectivity index (χ0v) is 9.88. The van der Waals surface area contributed by atoms with Crippen LogP contribution in [0.4, 0.5) is 13.2 Å². The Bertz CT molecular complexity index is 525. The first kappa shape index (κ1) is 13.5. The van der Waals surface area contributed by atoms with E-state index in [1.165, 1.54) is 35.4 Å². The van der Waals surface area contributed by atoms with Gasteiger partial charge in [-0.3, -0.25) is 0 Å². The van der Waals surface area contributed by atoms with Gasteiger partial charge in [-0.2, -0.15) is 13.2 Å². The molecule has 1 aromatic heterocycles. The van der Waals surface area contributed by atoms with Crippen LogP contribution < -0.4 is 0 Å². The normalized spacial score (nSPS) is 13.5. The molecule has 0 bridgehead atoms. The molecule has 1 heterocycles. The minimum Gasteiger partial charge on any atom is -0.391 e. The van der Waals surface area contributed by atoms with Crippen LogP contribution in [0.2, 0.25) is 0 Å². The summed E-state index contributed by atoms with van der Waals surface area (Å²) < 4.78 is 39.8. The molecule has 2 aromatic rings. The van der Waals surface area contributed by atoms with Crippen molar-refractivity contribution in [1.29, 1.82) is 0 Å². The van der Waals surface area contributed by atoms with E-state index < -0.39 is 17.8 Å². The Balaban J connectivity index is 2.10. The van der Waals surface area contributed by atoms with E-state index in [-0.39, 0.29) is 18.5 Å². The lowest BCUT2D eigenvalue weighted by atomic mass is 10.0. The van der Waals surface area contributed by atoms with Crippen molar-refractivity contribution >= 4 is 0 Å². The number of hydrogen-bond donors (Lipinski definition) is 1. The number of benzene rings is 1. The van der Waals surface area contributed by atoms with E-state index in [0.29, 0.717) is 0 Å². The number of hydrogen-bond acceptors (Lipinski definition) is 3. The molecule has 4 nitrogen and oxygen atoms in total. The zero-order valence-electron chi connectivity index (χ0n) is 9.88. The van der Waals surface area contributed by atoms with Gasteiger partial charge in [-0.1, -0.05) is 18.2 Å². The molecule has 2 rings (SSSR count). The number of aromatic nitrogens is 3. The monoisotopic (exact) mass is 271 g/mol. The van der Waals surface area contributed by atoms with Gasteiger partial charge in [0.15, 0.2) is 0 Å². The van der Waals surface area contributed by atoms with E-state index in [2.05, 4.69) is 10.2 Å². The lowest BCUT2D eigenvalue weighted by Gasteiger charge is -2.15. The molecule has 1 atom stereocenters. The van der Waals surface area contributed by atoms with Gasteiger partial charge in [0, 0.05) is 6.42 Å². The Morgan fingerprint density at radius 1 is 1.16 bits per heavy atom. The van der Waals surface area contributed by atoms with Gasteiger partial charge in [0.05, 0.1) is 18.2 Å². The van der Waals surface area contributed by atoms with Gasteiger partial charge in [0.1, 0.15) is 12.7 Å². The van der Waals surface area contributed by atoms with Crippen LogP contribution >= 0.6 is 0 Å². The van der Waals surface area contributed by atoms with Crippen LogP contribution in [-0.2, 0) is 19.1 Å². The highest BCUT2D eigenvalue weighted by atomic mass is 19.4. The average molecular weight is 271 g/mol. The van der Waals surface area contributed by atoms with Crippen LogP contribution in [-0.4, -0.2) is 26.0 Å². The third kappa shape index (κ3) is 3.54. The number of aliphatic hydroxyl groups is 1. The van der Waals surface area contributed by atoms with Gasteiger partial charge in [-0.05, 0) is 11.6 Å². The molecular weight excluding hydrogens is 259 g/mol. The second kappa shape index (κ2) is 5.40. The van der Waals surface area contributed by atoms with E-state index in [9.17, 15) is 18.3 Å². The van der Waals surface area contributed by atoms with Gasteiger partial charge in [-0.25, -0.2) is 0 Å². The molecule has 0 aliphatic heterocycles. The highest BCUT2D eigenvalue weighted by Crippen LogP contribution is 2.32. The molecule has 0 radical (unpaired) electrons. The predicted molar refractivity (Wildman–Crippen MR) is 61.2 cm³/mol. The minimum atomic E-state index is -4.41. The van der Waals surface area contributed by atoms with Crippen molar-refractivity contribution in [1.82, 2.24) is 14.8 Å². The Morgan fingerprint density at radius 3 is 2.42 bits per heavy atom. The fourth-order valence-electron chi connectivity index (χ4n) is 1.85. The van der Waals surface area contributed by atoms with Crippen molar-refractivity contribution in [2.24, 2.45) is 0 Å². The van der Waals surface area contributed by atoms with Gasteiger partial charge >= 0.3 is 6.18 Å². The third-order valence-corrected chi connectivity index (χ3v) is 2.67. The quantitative estimate of drug-likeness (QED) is 0.924. The molecule has 1 aromatic carbocycles. The Kier molecular flexibility index (Phi) is 3.84. The maximum absolute atomic E-state index is 12.8. The van der Waals surface area contributed by atoms with Gasteiger partial charge < -0.3 is 9.67 Å². The molecule has 102 valence electrons. The summed E-state index contributed by atoms with van der Waals surface area (Å²) in [6.07, 6.45) is -2.61. The molecule has 1 unspecified atom stereocenters. The molecule has 0 aliphatic rings. The molecule has 0 fully saturated rings. The van der Waals surface area contributed by atoms with Gasteiger partial charge in [-0.15, -0.1) is 10.2 Å². The first-order chi connectivity index (χ1) is 8.97. The van der Waals surface area contributed by atoms with Crippen molar-refractivity contribution in [3.05, 3.63) is 48.0 Å². The zero-order chi connectivity index (χ0) is 13.9. The van der Waals surface area contributed by atoms with Gasteiger partial charge in [0.25, 0.3) is 0 Å². The standard InChI is InChI=1S/C12H12F3N3O/c13-12(14,15)11-4-2-1-3-9(11)5-10(19)6-18-7-16-17-8-18/h1-4,7-8,10,19H,5-6H2. The summed E-state index contributed by atoms with van der Waals surface area (Å²) in [6, 6.07) is 5.24. The highest BCUT2D eigenvalue weighted by Gasteiger charge is 2.33. The summed E-state index contributed by atoms with van der Waals surface area (Å²) in [4.78, 5) is 0. The Hall–Kier alpha value is -1.89. The fraction of sp³-hybridized carbons (Fsp3) is 0.333. The van der Waals surface area contributed by atoms with Crippen molar-refractivity contribution in [3.8, 4) is 0 Å². The molecule has 1 N–H and O–H groups in total. The molecule has 0 amide bonds. The molecule has 0 aliphatic carbocycles. The van der Waals surface area contributed by atoms with Crippen LogP contribution in [0.5, 0.6) is 0 Å². The number of aliphatic hydroxyl groups excluding tert-OH is 1.